The lowest BCUT2D eigenvalue weighted by Gasteiger charge is -2.28. The molecule has 0 radical (unpaired) electrons. The third-order valence-electron chi connectivity index (χ3n) is 6.76. The van der Waals surface area contributed by atoms with E-state index in [1.54, 1.807) is 0 Å². The Morgan fingerprint density at radius 3 is 2.38 bits per heavy atom. The first-order valence-corrected chi connectivity index (χ1v) is 11.7. The summed E-state index contributed by atoms with van der Waals surface area (Å²) in [7, 11) is 0. The Bertz CT molecular complexity index is 1210. The number of rotatable bonds is 6. The number of carbonyl (C=O) groups excluding carboxylic acids is 3. The van der Waals surface area contributed by atoms with Crippen LogP contribution in [0.25, 0.3) is 0 Å². The van der Waals surface area contributed by atoms with E-state index in [0.29, 0.717) is 12.0 Å². The van der Waals surface area contributed by atoms with Crippen molar-refractivity contribution in [1.82, 2.24) is 15.5 Å². The maximum atomic E-state index is 13.7. The number of benzene rings is 3. The highest BCUT2D eigenvalue weighted by atomic mass is 16.2. The van der Waals surface area contributed by atoms with Gasteiger partial charge in [-0.3, -0.25) is 14.5 Å². The molecule has 0 unspecified atom stereocenters. The number of nitrogens with zero attached hydrogens (tertiary/aromatic N) is 1. The van der Waals surface area contributed by atoms with Crippen LogP contribution in [0.4, 0.5) is 4.79 Å². The summed E-state index contributed by atoms with van der Waals surface area (Å²) in [5.41, 5.74) is 2.71. The van der Waals surface area contributed by atoms with Crippen molar-refractivity contribution in [2.45, 2.75) is 37.3 Å². The predicted molar refractivity (Wildman–Crippen MR) is 129 cm³/mol. The van der Waals surface area contributed by atoms with Crippen LogP contribution >= 0.6 is 0 Å². The van der Waals surface area contributed by atoms with Gasteiger partial charge in [-0.1, -0.05) is 84.9 Å². The van der Waals surface area contributed by atoms with Crippen LogP contribution in [0.2, 0.25) is 0 Å². The minimum Gasteiger partial charge on any atom is -0.348 e. The molecule has 1 aliphatic carbocycles. The molecule has 1 fully saturated rings. The third kappa shape index (κ3) is 4.07. The van der Waals surface area contributed by atoms with Gasteiger partial charge in [-0.25, -0.2) is 4.79 Å². The summed E-state index contributed by atoms with van der Waals surface area (Å²) >= 11 is 0. The zero-order valence-corrected chi connectivity index (χ0v) is 18.9. The largest absolute Gasteiger partial charge is 0.348 e. The van der Waals surface area contributed by atoms with Crippen LogP contribution in [0.1, 0.15) is 41.1 Å². The van der Waals surface area contributed by atoms with Crippen LogP contribution in [0, 0.1) is 0 Å². The molecule has 3 aromatic rings. The molecule has 0 aromatic heterocycles. The molecule has 6 heteroatoms. The second-order valence-electron chi connectivity index (χ2n) is 8.97. The molecule has 2 atom stereocenters. The number of carbonyl (C=O) groups is 3. The van der Waals surface area contributed by atoms with E-state index in [0.717, 1.165) is 35.3 Å². The van der Waals surface area contributed by atoms with Gasteiger partial charge in [-0.15, -0.1) is 0 Å². The lowest BCUT2D eigenvalue weighted by atomic mass is 9.83. The Hall–Kier alpha value is -3.93. The highest BCUT2D eigenvalue weighted by Gasteiger charge is 2.52. The van der Waals surface area contributed by atoms with Gasteiger partial charge in [-0.05, 0) is 41.5 Å². The molecule has 4 amide bonds. The van der Waals surface area contributed by atoms with Gasteiger partial charge < -0.3 is 10.6 Å². The Balaban J connectivity index is 1.38. The van der Waals surface area contributed by atoms with Crippen LogP contribution < -0.4 is 10.6 Å². The number of fused-ring (bicyclic) bond motifs is 1. The number of amides is 4. The van der Waals surface area contributed by atoms with Gasteiger partial charge in [0.05, 0.1) is 6.04 Å². The van der Waals surface area contributed by atoms with E-state index in [9.17, 15) is 14.4 Å². The van der Waals surface area contributed by atoms with E-state index in [1.807, 2.05) is 78.9 Å². The van der Waals surface area contributed by atoms with E-state index in [-0.39, 0.29) is 18.5 Å². The molecular formula is C28H27N3O3. The van der Waals surface area contributed by atoms with Crippen LogP contribution in [0.15, 0.2) is 84.9 Å². The number of urea groups is 1. The van der Waals surface area contributed by atoms with E-state index in [2.05, 4.69) is 16.7 Å². The second-order valence-corrected chi connectivity index (χ2v) is 8.97. The van der Waals surface area contributed by atoms with Crippen LogP contribution in [0.5, 0.6) is 0 Å². The molecule has 2 N–H and O–H groups in total. The first kappa shape index (κ1) is 21.9. The Morgan fingerprint density at radius 2 is 1.62 bits per heavy atom. The summed E-state index contributed by atoms with van der Waals surface area (Å²) in [4.78, 5) is 40.8. The molecule has 2 aliphatic rings. The van der Waals surface area contributed by atoms with Crippen molar-refractivity contribution in [1.29, 1.82) is 0 Å². The van der Waals surface area contributed by atoms with Crippen LogP contribution in [0.3, 0.4) is 0 Å². The quantitative estimate of drug-likeness (QED) is 0.556. The molecule has 1 heterocycles. The normalized spacial score (nSPS) is 21.6. The van der Waals surface area contributed by atoms with E-state index in [4.69, 9.17) is 0 Å². The van der Waals surface area contributed by atoms with Gasteiger partial charge in [0.2, 0.25) is 5.91 Å². The molecule has 1 aliphatic heterocycles. The maximum Gasteiger partial charge on any atom is 0.325 e. The molecule has 5 rings (SSSR count). The molecule has 6 nitrogen and oxygen atoms in total. The first-order chi connectivity index (χ1) is 16.6. The minimum absolute atomic E-state index is 0.110. The van der Waals surface area contributed by atoms with Crippen molar-refractivity contribution in [3.8, 4) is 0 Å². The molecule has 1 saturated heterocycles. The van der Waals surface area contributed by atoms with Crippen molar-refractivity contribution >= 4 is 17.8 Å². The molecule has 0 bridgehead atoms. The van der Waals surface area contributed by atoms with Crippen molar-refractivity contribution in [2.75, 3.05) is 6.54 Å². The number of nitrogens with one attached hydrogen (secondary N) is 2. The number of hydrogen-bond donors (Lipinski definition) is 2. The monoisotopic (exact) mass is 453 g/mol. The van der Waals surface area contributed by atoms with Crippen molar-refractivity contribution in [2.24, 2.45) is 0 Å². The third-order valence-corrected chi connectivity index (χ3v) is 6.76. The zero-order valence-electron chi connectivity index (χ0n) is 18.9. The summed E-state index contributed by atoms with van der Waals surface area (Å²) in [6.07, 6.45) is 3.12. The fourth-order valence-electron chi connectivity index (χ4n) is 5.10. The summed E-state index contributed by atoms with van der Waals surface area (Å²) < 4.78 is 0. The van der Waals surface area contributed by atoms with Crippen molar-refractivity contribution in [3.63, 3.8) is 0 Å². The lowest BCUT2D eigenvalue weighted by Crippen LogP contribution is -2.47. The van der Waals surface area contributed by atoms with Gasteiger partial charge in [0, 0.05) is 6.42 Å². The number of imide groups is 1. The first-order valence-electron chi connectivity index (χ1n) is 11.7. The fourth-order valence-corrected chi connectivity index (χ4v) is 5.10. The molecule has 172 valence electrons. The van der Waals surface area contributed by atoms with Crippen LogP contribution in [-0.4, -0.2) is 29.3 Å². The van der Waals surface area contributed by atoms with Gasteiger partial charge >= 0.3 is 6.03 Å². The highest BCUT2D eigenvalue weighted by Crippen LogP contribution is 2.33. The molecular weight excluding hydrogens is 426 g/mol. The molecule has 34 heavy (non-hydrogen) atoms. The van der Waals surface area contributed by atoms with Crippen LogP contribution in [-0.2, 0) is 28.0 Å². The van der Waals surface area contributed by atoms with Gasteiger partial charge in [0.15, 0.2) is 5.54 Å². The SMILES string of the molecule is O=C(CN1C(=O)N[C@](Cc2ccccc2)(c2ccccc2)C1=O)N[C@H]1CCCc2ccccc21. The Labute approximate surface area is 199 Å². The molecule has 0 saturated carbocycles. The van der Waals surface area contributed by atoms with Gasteiger partial charge in [-0.2, -0.15) is 0 Å². The number of hydrogen-bond acceptors (Lipinski definition) is 3. The minimum atomic E-state index is -1.25. The second kappa shape index (κ2) is 9.14. The standard InChI is InChI=1S/C28H27N3O3/c32-25(29-24-17-9-13-21-12-7-8-16-23(21)24)19-31-26(33)28(30-27(31)34,22-14-5-2-6-15-22)18-20-10-3-1-4-11-20/h1-8,10-12,14-16,24H,9,13,17-19H2,(H,29,32)(H,30,34)/t24-,28+/m0/s1. The van der Waals surface area contributed by atoms with E-state index in [1.165, 1.54) is 5.56 Å². The number of aryl methyl sites for hydroxylation is 1. The summed E-state index contributed by atoms with van der Waals surface area (Å²) in [6, 6.07) is 26.3. The Morgan fingerprint density at radius 1 is 0.941 bits per heavy atom. The summed E-state index contributed by atoms with van der Waals surface area (Å²) in [6.45, 7) is -0.313. The fraction of sp³-hybridized carbons (Fsp3) is 0.250. The average Bonchev–Trinajstić information content (AvgIpc) is 3.10. The lowest BCUT2D eigenvalue weighted by molar-refractivity contribution is -0.135. The molecule has 0 spiro atoms. The smallest absolute Gasteiger partial charge is 0.325 e. The van der Waals surface area contributed by atoms with Gasteiger partial charge in [0.1, 0.15) is 6.54 Å². The predicted octanol–water partition coefficient (Wildman–Crippen LogP) is 3.87. The van der Waals surface area contributed by atoms with E-state index >= 15 is 0 Å². The maximum absolute atomic E-state index is 13.7. The summed E-state index contributed by atoms with van der Waals surface area (Å²) in [5, 5.41) is 5.96. The van der Waals surface area contributed by atoms with Crippen molar-refractivity contribution < 1.29 is 14.4 Å². The van der Waals surface area contributed by atoms with E-state index < -0.39 is 17.5 Å². The summed E-state index contributed by atoms with van der Waals surface area (Å²) in [5.74, 6) is -0.750. The zero-order chi connectivity index (χ0) is 23.5. The topological polar surface area (TPSA) is 78.5 Å². The average molecular weight is 454 g/mol. The molecule has 3 aromatic carbocycles. The Kier molecular flexibility index (Phi) is 5.88. The van der Waals surface area contributed by atoms with Gasteiger partial charge in [0.25, 0.3) is 5.91 Å². The van der Waals surface area contributed by atoms with Crippen molar-refractivity contribution in [3.05, 3.63) is 107 Å². The highest BCUT2D eigenvalue weighted by molar-refractivity contribution is 6.09.